The lowest BCUT2D eigenvalue weighted by Gasteiger charge is -2.16. The quantitative estimate of drug-likeness (QED) is 0.943. The molecule has 1 atom stereocenters. The van der Waals surface area contributed by atoms with Crippen LogP contribution in [0.3, 0.4) is 0 Å². The van der Waals surface area contributed by atoms with Gasteiger partial charge in [-0.1, -0.05) is 0 Å². The van der Waals surface area contributed by atoms with E-state index in [4.69, 9.17) is 0 Å². The first-order valence-electron chi connectivity index (χ1n) is 5.45. The predicted octanol–water partition coefficient (Wildman–Crippen LogP) is 3.17. The summed E-state index contributed by atoms with van der Waals surface area (Å²) < 4.78 is 3.10. The number of halogens is 1. The van der Waals surface area contributed by atoms with Gasteiger partial charge < -0.3 is 5.32 Å². The van der Waals surface area contributed by atoms with E-state index in [1.165, 1.54) is 16.8 Å². The largest absolute Gasteiger partial charge is 0.309 e. The zero-order valence-corrected chi connectivity index (χ0v) is 12.8. The van der Waals surface area contributed by atoms with Crippen LogP contribution in [0, 0.1) is 13.8 Å². The molecule has 0 amide bonds. The van der Waals surface area contributed by atoms with Gasteiger partial charge >= 0.3 is 0 Å². The number of aromatic nitrogens is 2. The molecule has 0 aliphatic carbocycles. The van der Waals surface area contributed by atoms with Gasteiger partial charge in [0.2, 0.25) is 0 Å². The Morgan fingerprint density at radius 3 is 2.53 bits per heavy atom. The van der Waals surface area contributed by atoms with E-state index in [-0.39, 0.29) is 6.04 Å². The Balaban J connectivity index is 2.53. The molecule has 0 saturated carbocycles. The highest BCUT2D eigenvalue weighted by atomic mass is 79.9. The fourth-order valence-corrected chi connectivity index (χ4v) is 3.71. The van der Waals surface area contributed by atoms with Crippen molar-refractivity contribution in [3.8, 4) is 0 Å². The van der Waals surface area contributed by atoms with Crippen molar-refractivity contribution in [2.75, 3.05) is 7.05 Å². The minimum Gasteiger partial charge on any atom is -0.309 e. The first-order chi connectivity index (χ1) is 8.06. The second-order valence-corrected chi connectivity index (χ2v) is 5.70. The van der Waals surface area contributed by atoms with Gasteiger partial charge in [0.05, 0.1) is 11.7 Å². The Hall–Kier alpha value is -0.650. The second kappa shape index (κ2) is 4.92. The lowest BCUT2D eigenvalue weighted by Crippen LogP contribution is -2.19. The Labute approximate surface area is 114 Å². The van der Waals surface area contributed by atoms with Crippen molar-refractivity contribution in [2.45, 2.75) is 19.9 Å². The summed E-state index contributed by atoms with van der Waals surface area (Å²) in [6.07, 6.45) is 0. The van der Waals surface area contributed by atoms with E-state index >= 15 is 0 Å². The minimum atomic E-state index is 0.198. The normalized spacial score (nSPS) is 13.0. The Morgan fingerprint density at radius 2 is 2.12 bits per heavy atom. The Kier molecular flexibility index (Phi) is 3.70. The average Bonchev–Trinajstić information content (AvgIpc) is 2.79. The standard InChI is InChI=1S/C12H16BrN3S/c1-7-11(8(2)16(4)15-7)12(14-3)9-5-17-6-10(9)13/h5-6,12,14H,1-4H3. The molecule has 0 aliphatic heterocycles. The van der Waals surface area contributed by atoms with E-state index in [2.05, 4.69) is 51.0 Å². The molecule has 17 heavy (non-hydrogen) atoms. The number of rotatable bonds is 3. The molecule has 2 rings (SSSR count). The number of hydrogen-bond acceptors (Lipinski definition) is 3. The van der Waals surface area contributed by atoms with Gasteiger partial charge in [-0.2, -0.15) is 16.4 Å². The van der Waals surface area contributed by atoms with Gasteiger partial charge in [0, 0.05) is 28.2 Å². The highest BCUT2D eigenvalue weighted by Gasteiger charge is 2.22. The molecule has 0 aliphatic rings. The van der Waals surface area contributed by atoms with Crippen LogP contribution in [0.25, 0.3) is 0 Å². The maximum atomic E-state index is 4.48. The molecule has 2 heterocycles. The first-order valence-corrected chi connectivity index (χ1v) is 7.18. The van der Waals surface area contributed by atoms with E-state index in [1.807, 2.05) is 18.8 Å². The van der Waals surface area contributed by atoms with Crippen molar-refractivity contribution in [2.24, 2.45) is 7.05 Å². The molecule has 2 aromatic heterocycles. The predicted molar refractivity (Wildman–Crippen MR) is 75.6 cm³/mol. The molecule has 2 aromatic rings. The SMILES string of the molecule is CNC(c1cscc1Br)c1c(C)nn(C)c1C. The molecule has 3 nitrogen and oxygen atoms in total. The number of aryl methyl sites for hydroxylation is 2. The van der Waals surface area contributed by atoms with Gasteiger partial charge in [-0.15, -0.1) is 0 Å². The van der Waals surface area contributed by atoms with Crippen LogP contribution in [0.15, 0.2) is 15.2 Å². The third kappa shape index (κ3) is 2.19. The van der Waals surface area contributed by atoms with Crippen LogP contribution in [-0.4, -0.2) is 16.8 Å². The molecule has 1 N–H and O–H groups in total. The summed E-state index contributed by atoms with van der Waals surface area (Å²) >= 11 is 5.31. The fraction of sp³-hybridized carbons (Fsp3) is 0.417. The van der Waals surface area contributed by atoms with E-state index in [0.29, 0.717) is 0 Å². The van der Waals surface area contributed by atoms with Crippen molar-refractivity contribution in [1.29, 1.82) is 0 Å². The van der Waals surface area contributed by atoms with Gasteiger partial charge in [-0.25, -0.2) is 0 Å². The summed E-state index contributed by atoms with van der Waals surface area (Å²) in [5, 5.41) is 12.2. The molecular weight excluding hydrogens is 298 g/mol. The number of thiophene rings is 1. The third-order valence-electron chi connectivity index (χ3n) is 3.10. The average molecular weight is 314 g/mol. The molecule has 0 radical (unpaired) electrons. The smallest absolute Gasteiger partial charge is 0.0647 e. The molecule has 1 unspecified atom stereocenters. The lowest BCUT2D eigenvalue weighted by molar-refractivity contribution is 0.678. The molecule has 5 heteroatoms. The number of nitrogens with one attached hydrogen (secondary N) is 1. The van der Waals surface area contributed by atoms with Crippen LogP contribution < -0.4 is 5.32 Å². The summed E-state index contributed by atoms with van der Waals surface area (Å²) in [5.41, 5.74) is 4.84. The fourth-order valence-electron chi connectivity index (χ4n) is 2.16. The Bertz CT molecular complexity index is 530. The summed E-state index contributed by atoms with van der Waals surface area (Å²) in [7, 11) is 3.97. The topological polar surface area (TPSA) is 29.9 Å². The molecule has 92 valence electrons. The van der Waals surface area contributed by atoms with Gasteiger partial charge in [-0.05, 0) is 47.8 Å². The maximum Gasteiger partial charge on any atom is 0.0647 e. The first kappa shape index (κ1) is 12.8. The van der Waals surface area contributed by atoms with E-state index in [1.54, 1.807) is 11.3 Å². The zero-order valence-electron chi connectivity index (χ0n) is 10.4. The van der Waals surface area contributed by atoms with Crippen LogP contribution in [0.1, 0.15) is 28.6 Å². The minimum absolute atomic E-state index is 0.198. The summed E-state index contributed by atoms with van der Waals surface area (Å²) in [4.78, 5) is 0. The lowest BCUT2D eigenvalue weighted by atomic mass is 10.00. The zero-order chi connectivity index (χ0) is 12.6. The van der Waals surface area contributed by atoms with Gasteiger partial charge in [0.1, 0.15) is 0 Å². The van der Waals surface area contributed by atoms with Crippen molar-refractivity contribution in [3.63, 3.8) is 0 Å². The van der Waals surface area contributed by atoms with Crippen LogP contribution in [0.4, 0.5) is 0 Å². The number of nitrogens with zero attached hydrogens (tertiary/aromatic N) is 2. The van der Waals surface area contributed by atoms with Gasteiger partial charge in [0.15, 0.2) is 0 Å². The van der Waals surface area contributed by atoms with Crippen molar-refractivity contribution < 1.29 is 0 Å². The molecule has 0 saturated heterocycles. The van der Waals surface area contributed by atoms with Gasteiger partial charge in [-0.3, -0.25) is 4.68 Å². The molecule has 0 spiro atoms. The van der Waals surface area contributed by atoms with Crippen LogP contribution in [-0.2, 0) is 7.05 Å². The summed E-state index contributed by atoms with van der Waals surface area (Å²) in [6.45, 7) is 4.17. The maximum absolute atomic E-state index is 4.48. The third-order valence-corrected chi connectivity index (χ3v) is 4.85. The van der Waals surface area contributed by atoms with Crippen molar-refractivity contribution in [3.05, 3.63) is 37.7 Å². The van der Waals surface area contributed by atoms with Crippen molar-refractivity contribution in [1.82, 2.24) is 15.1 Å². The van der Waals surface area contributed by atoms with Crippen LogP contribution in [0.2, 0.25) is 0 Å². The highest BCUT2D eigenvalue weighted by molar-refractivity contribution is 9.10. The monoisotopic (exact) mass is 313 g/mol. The highest BCUT2D eigenvalue weighted by Crippen LogP contribution is 2.33. The number of hydrogen-bond donors (Lipinski definition) is 1. The van der Waals surface area contributed by atoms with E-state index < -0.39 is 0 Å². The molecule has 0 aromatic carbocycles. The molecule has 0 fully saturated rings. The van der Waals surface area contributed by atoms with E-state index in [9.17, 15) is 0 Å². The molecular formula is C12H16BrN3S. The summed E-state index contributed by atoms with van der Waals surface area (Å²) in [5.74, 6) is 0. The van der Waals surface area contributed by atoms with Crippen LogP contribution >= 0.6 is 27.3 Å². The van der Waals surface area contributed by atoms with Crippen LogP contribution in [0.5, 0.6) is 0 Å². The molecule has 0 bridgehead atoms. The summed E-state index contributed by atoms with van der Waals surface area (Å²) in [6, 6.07) is 0.198. The Morgan fingerprint density at radius 1 is 1.41 bits per heavy atom. The van der Waals surface area contributed by atoms with E-state index in [0.717, 1.165) is 10.2 Å². The second-order valence-electron chi connectivity index (χ2n) is 4.10. The van der Waals surface area contributed by atoms with Gasteiger partial charge in [0.25, 0.3) is 0 Å². The van der Waals surface area contributed by atoms with Crippen molar-refractivity contribution >= 4 is 27.3 Å².